The van der Waals surface area contributed by atoms with E-state index in [1.165, 1.54) is 0 Å². The highest BCUT2D eigenvalue weighted by atomic mass is 79.9. The maximum Gasteiger partial charge on any atom is -0.0411 e. The van der Waals surface area contributed by atoms with E-state index in [2.05, 4.69) is 27.7 Å². The number of hydrogen-bond donors (Lipinski definition) is 0. The Hall–Kier alpha value is 0.960. The van der Waals surface area contributed by atoms with Crippen LogP contribution in [0.25, 0.3) is 0 Å². The Morgan fingerprint density at radius 2 is 0.714 bits per heavy atom. The van der Waals surface area contributed by atoms with Crippen molar-refractivity contribution in [2.45, 2.75) is 27.7 Å². The van der Waals surface area contributed by atoms with Gasteiger partial charge in [0.2, 0.25) is 0 Å². The monoisotopic (exact) mass is 232 g/mol. The van der Waals surface area contributed by atoms with E-state index in [0.717, 1.165) is 0 Å². The molecule has 0 aliphatic heterocycles. The second-order valence-corrected chi connectivity index (χ2v) is 3.00. The zero-order chi connectivity index (χ0) is 4.50. The van der Waals surface area contributed by atoms with Gasteiger partial charge in [-0.05, 0) is 5.41 Å². The molecule has 0 unspecified atom stereocenters. The zero-order valence-electron chi connectivity index (χ0n) is 5.32. The SMILES string of the molecule is Br.Br.CC(C)(C)C. The maximum atomic E-state index is 2.19. The Kier molecular flexibility index (Phi) is 11.4. The van der Waals surface area contributed by atoms with Crippen LogP contribution in [0, 0.1) is 5.41 Å². The predicted octanol–water partition coefficient (Wildman–Crippen LogP) is 3.21. The Morgan fingerprint density at radius 1 is 0.714 bits per heavy atom. The van der Waals surface area contributed by atoms with Gasteiger partial charge in [0.1, 0.15) is 0 Å². The Morgan fingerprint density at radius 3 is 0.714 bits per heavy atom. The first kappa shape index (κ1) is 15.7. The third-order valence-electron chi connectivity index (χ3n) is 0. The van der Waals surface area contributed by atoms with Gasteiger partial charge in [-0.15, -0.1) is 34.0 Å². The molecule has 0 aliphatic carbocycles. The molecule has 0 saturated heterocycles. The number of halogens is 2. The van der Waals surface area contributed by atoms with Crippen LogP contribution in [0.2, 0.25) is 0 Å². The summed E-state index contributed by atoms with van der Waals surface area (Å²) in [6.07, 6.45) is 0. The van der Waals surface area contributed by atoms with Gasteiger partial charge in [0.05, 0.1) is 0 Å². The molecule has 48 valence electrons. The molecule has 0 rings (SSSR count). The van der Waals surface area contributed by atoms with Gasteiger partial charge in [-0.3, -0.25) is 0 Å². The van der Waals surface area contributed by atoms with E-state index < -0.39 is 0 Å². The van der Waals surface area contributed by atoms with E-state index in [4.69, 9.17) is 0 Å². The molecule has 0 bridgehead atoms. The van der Waals surface area contributed by atoms with Crippen LogP contribution >= 0.6 is 34.0 Å². The quantitative estimate of drug-likeness (QED) is 0.603. The average molecular weight is 234 g/mol. The van der Waals surface area contributed by atoms with Gasteiger partial charge in [-0.25, -0.2) is 0 Å². The third kappa shape index (κ3) is 186. The molecule has 0 aromatic carbocycles. The summed E-state index contributed by atoms with van der Waals surface area (Å²) in [4.78, 5) is 0. The highest BCUT2D eigenvalue weighted by Crippen LogP contribution is 2.07. The minimum absolute atomic E-state index is 0. The van der Waals surface area contributed by atoms with Gasteiger partial charge in [0.25, 0.3) is 0 Å². The molecule has 7 heavy (non-hydrogen) atoms. The molecular formula is C5H14Br2. The molecule has 0 spiro atoms. The van der Waals surface area contributed by atoms with Crippen LogP contribution in [0.15, 0.2) is 0 Å². The van der Waals surface area contributed by atoms with Gasteiger partial charge in [0, 0.05) is 0 Å². The lowest BCUT2D eigenvalue weighted by atomic mass is 10.0. The van der Waals surface area contributed by atoms with Crippen molar-refractivity contribution < 1.29 is 0 Å². The molecule has 0 atom stereocenters. The van der Waals surface area contributed by atoms with Crippen LogP contribution in [0.5, 0.6) is 0 Å². The summed E-state index contributed by atoms with van der Waals surface area (Å²) in [7, 11) is 0. The van der Waals surface area contributed by atoms with Crippen LogP contribution in [-0.4, -0.2) is 0 Å². The first-order chi connectivity index (χ1) is 2.00. The molecule has 0 N–H and O–H groups in total. The van der Waals surface area contributed by atoms with Crippen LogP contribution in [0.1, 0.15) is 27.7 Å². The fourth-order valence-electron chi connectivity index (χ4n) is 0. The lowest BCUT2D eigenvalue weighted by molar-refractivity contribution is 0.469. The first-order valence-corrected chi connectivity index (χ1v) is 2.00. The predicted molar refractivity (Wildman–Crippen MR) is 45.8 cm³/mol. The summed E-state index contributed by atoms with van der Waals surface area (Å²) in [6.45, 7) is 8.75. The van der Waals surface area contributed by atoms with Gasteiger partial charge in [0.15, 0.2) is 0 Å². The maximum absolute atomic E-state index is 2.19. The van der Waals surface area contributed by atoms with E-state index >= 15 is 0 Å². The molecule has 0 nitrogen and oxygen atoms in total. The second-order valence-electron chi connectivity index (χ2n) is 3.00. The molecule has 0 radical (unpaired) electrons. The molecule has 0 aromatic heterocycles. The Balaban J connectivity index is -0.0000000800. The van der Waals surface area contributed by atoms with Gasteiger partial charge < -0.3 is 0 Å². The Bertz CT molecular complexity index is 21.6. The molecule has 0 aliphatic rings. The summed E-state index contributed by atoms with van der Waals surface area (Å²) in [5.41, 5.74) is 0.500. The fourth-order valence-corrected chi connectivity index (χ4v) is 0. The molecular weight excluding hydrogens is 220 g/mol. The first-order valence-electron chi connectivity index (χ1n) is 2.00. The summed E-state index contributed by atoms with van der Waals surface area (Å²) in [5.74, 6) is 0. The second kappa shape index (κ2) is 5.10. The third-order valence-corrected chi connectivity index (χ3v) is 0. The highest BCUT2D eigenvalue weighted by Gasteiger charge is 1.95. The van der Waals surface area contributed by atoms with Crippen molar-refractivity contribution in [2.75, 3.05) is 0 Å². The van der Waals surface area contributed by atoms with Gasteiger partial charge >= 0.3 is 0 Å². The van der Waals surface area contributed by atoms with Crippen molar-refractivity contribution >= 4 is 34.0 Å². The van der Waals surface area contributed by atoms with Crippen LogP contribution in [0.4, 0.5) is 0 Å². The van der Waals surface area contributed by atoms with Crippen LogP contribution in [0.3, 0.4) is 0 Å². The van der Waals surface area contributed by atoms with Crippen molar-refractivity contribution in [1.29, 1.82) is 0 Å². The van der Waals surface area contributed by atoms with Crippen molar-refractivity contribution in [3.63, 3.8) is 0 Å². The minimum Gasteiger partial charge on any atom is -0.114 e. The van der Waals surface area contributed by atoms with E-state index in [-0.39, 0.29) is 34.0 Å². The molecule has 0 heterocycles. The van der Waals surface area contributed by atoms with Gasteiger partial charge in [-0.1, -0.05) is 27.7 Å². The molecule has 0 fully saturated rings. The number of rotatable bonds is 0. The van der Waals surface area contributed by atoms with Crippen molar-refractivity contribution in [3.05, 3.63) is 0 Å². The lowest BCUT2D eigenvalue weighted by Crippen LogP contribution is -1.93. The molecule has 2 heteroatoms. The Labute approximate surface area is 67.2 Å². The summed E-state index contributed by atoms with van der Waals surface area (Å²) < 4.78 is 0. The van der Waals surface area contributed by atoms with E-state index in [1.807, 2.05) is 0 Å². The highest BCUT2D eigenvalue weighted by molar-refractivity contribution is 8.93. The standard InChI is InChI=1S/C5H12.2BrH/c1-5(2,3)4;;/h1-4H3;2*1H. The number of hydrogen-bond acceptors (Lipinski definition) is 0. The zero-order valence-corrected chi connectivity index (χ0v) is 8.74. The molecule has 0 aromatic rings. The summed E-state index contributed by atoms with van der Waals surface area (Å²) >= 11 is 0. The largest absolute Gasteiger partial charge is 0.114 e. The van der Waals surface area contributed by atoms with Crippen LogP contribution < -0.4 is 0 Å². The van der Waals surface area contributed by atoms with Gasteiger partial charge in [-0.2, -0.15) is 0 Å². The van der Waals surface area contributed by atoms with Crippen molar-refractivity contribution in [2.24, 2.45) is 5.41 Å². The van der Waals surface area contributed by atoms with E-state index in [0.29, 0.717) is 5.41 Å². The topological polar surface area (TPSA) is 0 Å². The molecule has 0 amide bonds. The van der Waals surface area contributed by atoms with E-state index in [1.54, 1.807) is 0 Å². The van der Waals surface area contributed by atoms with Crippen molar-refractivity contribution in [3.8, 4) is 0 Å². The molecule has 0 saturated carbocycles. The van der Waals surface area contributed by atoms with Crippen LogP contribution in [-0.2, 0) is 0 Å². The minimum atomic E-state index is 0. The summed E-state index contributed by atoms with van der Waals surface area (Å²) in [5, 5.41) is 0. The normalized spacial score (nSPS) is 8.57. The van der Waals surface area contributed by atoms with E-state index in [9.17, 15) is 0 Å². The smallest absolute Gasteiger partial charge is 0.0411 e. The van der Waals surface area contributed by atoms with Crippen molar-refractivity contribution in [1.82, 2.24) is 0 Å². The fraction of sp³-hybridized carbons (Fsp3) is 1.00. The average Bonchev–Trinajstić information content (AvgIpc) is 0.722. The summed E-state index contributed by atoms with van der Waals surface area (Å²) in [6, 6.07) is 0. The lowest BCUT2D eigenvalue weighted by Gasteiger charge is -2.05.